The fourth-order valence-electron chi connectivity index (χ4n) is 2.41. The van der Waals surface area contributed by atoms with E-state index in [1.807, 2.05) is 0 Å². The van der Waals surface area contributed by atoms with E-state index in [1.54, 1.807) is 13.1 Å². The minimum Gasteiger partial charge on any atom is -0.469 e. The number of hydrogen-bond donors (Lipinski definition) is 2. The molecule has 158 valence electrons. The van der Waals surface area contributed by atoms with Gasteiger partial charge in [0.2, 0.25) is 6.79 Å². The summed E-state index contributed by atoms with van der Waals surface area (Å²) in [6.07, 6.45) is 1.79. The molecule has 0 unspecified atom stereocenters. The lowest BCUT2D eigenvalue weighted by Gasteiger charge is -2.15. The zero-order valence-corrected chi connectivity index (χ0v) is 18.0. The number of guanidine groups is 1. The average molecular weight is 515 g/mol. The lowest BCUT2D eigenvalue weighted by molar-refractivity contribution is -0.140. The summed E-state index contributed by atoms with van der Waals surface area (Å²) in [5, 5.41) is 6.11. The average Bonchev–Trinajstić information content (AvgIpc) is 3.10. The summed E-state index contributed by atoms with van der Waals surface area (Å²) in [6.45, 7) is -2.12. The molecule has 11 heteroatoms. The van der Waals surface area contributed by atoms with Crippen LogP contribution in [0.1, 0.15) is 24.8 Å². The maximum atomic E-state index is 12.7. The second kappa shape index (κ2) is 12.4. The van der Waals surface area contributed by atoms with Crippen molar-refractivity contribution in [2.75, 3.05) is 27.5 Å². The van der Waals surface area contributed by atoms with E-state index in [1.165, 1.54) is 13.2 Å². The van der Waals surface area contributed by atoms with Gasteiger partial charge in [0.15, 0.2) is 17.5 Å². The number of nitrogens with one attached hydrogen (secondary N) is 2. The van der Waals surface area contributed by atoms with Crippen LogP contribution in [0.5, 0.6) is 17.2 Å². The summed E-state index contributed by atoms with van der Waals surface area (Å²) < 4.78 is 44.9. The Morgan fingerprint density at radius 3 is 2.61 bits per heavy atom. The van der Waals surface area contributed by atoms with Crippen molar-refractivity contribution in [3.8, 4) is 17.2 Å². The maximum Gasteiger partial charge on any atom is 0.387 e. The summed E-state index contributed by atoms with van der Waals surface area (Å²) in [5.41, 5.74) is 0.480. The monoisotopic (exact) mass is 515 g/mol. The van der Waals surface area contributed by atoms with Gasteiger partial charge in [-0.1, -0.05) is 0 Å². The Morgan fingerprint density at radius 1 is 1.25 bits per heavy atom. The van der Waals surface area contributed by atoms with Crippen LogP contribution in [0, 0.1) is 0 Å². The number of esters is 1. The van der Waals surface area contributed by atoms with Crippen LogP contribution in [-0.2, 0) is 16.1 Å². The van der Waals surface area contributed by atoms with E-state index in [9.17, 15) is 13.6 Å². The van der Waals surface area contributed by atoms with Gasteiger partial charge in [0.05, 0.1) is 7.11 Å². The number of carbonyl (C=O) groups is 1. The van der Waals surface area contributed by atoms with E-state index in [-0.39, 0.29) is 49.0 Å². The molecular weight excluding hydrogens is 491 g/mol. The van der Waals surface area contributed by atoms with Crippen molar-refractivity contribution in [3.63, 3.8) is 0 Å². The van der Waals surface area contributed by atoms with Gasteiger partial charge in [-0.3, -0.25) is 9.79 Å². The Bertz CT molecular complexity index is 676. The van der Waals surface area contributed by atoms with Crippen LogP contribution in [0.3, 0.4) is 0 Å². The van der Waals surface area contributed by atoms with E-state index >= 15 is 0 Å². The number of aliphatic imine (C=N–C) groups is 1. The second-order valence-corrected chi connectivity index (χ2v) is 5.58. The molecule has 0 aromatic heterocycles. The molecule has 2 rings (SSSR count). The topological polar surface area (TPSA) is 90.4 Å². The highest BCUT2D eigenvalue weighted by Gasteiger charge is 2.20. The van der Waals surface area contributed by atoms with Crippen LogP contribution >= 0.6 is 24.0 Å². The molecule has 0 fully saturated rings. The van der Waals surface area contributed by atoms with Crippen LogP contribution in [0.15, 0.2) is 17.1 Å². The molecule has 0 atom stereocenters. The van der Waals surface area contributed by atoms with E-state index in [4.69, 9.17) is 9.47 Å². The highest BCUT2D eigenvalue weighted by Crippen LogP contribution is 2.38. The fourth-order valence-corrected chi connectivity index (χ4v) is 2.41. The minimum absolute atomic E-state index is 0. The van der Waals surface area contributed by atoms with Crippen molar-refractivity contribution in [2.45, 2.75) is 32.4 Å². The number of benzene rings is 1. The van der Waals surface area contributed by atoms with Gasteiger partial charge < -0.3 is 29.6 Å². The number of nitrogens with zero attached hydrogens (tertiary/aromatic N) is 1. The fraction of sp³-hybridized carbons (Fsp3) is 0.529. The third-order valence-electron chi connectivity index (χ3n) is 3.77. The molecule has 1 aromatic rings. The number of unbranched alkanes of at least 4 members (excludes halogenated alkanes) is 1. The number of rotatable bonds is 9. The Morgan fingerprint density at radius 2 is 1.96 bits per heavy atom. The molecule has 28 heavy (non-hydrogen) atoms. The Balaban J connectivity index is 0.00000392. The first-order chi connectivity index (χ1) is 13.0. The summed E-state index contributed by atoms with van der Waals surface area (Å²) in [5.74, 6) is 1.09. The largest absolute Gasteiger partial charge is 0.469 e. The van der Waals surface area contributed by atoms with Gasteiger partial charge in [0, 0.05) is 38.2 Å². The highest BCUT2D eigenvalue weighted by molar-refractivity contribution is 14.0. The van der Waals surface area contributed by atoms with Crippen molar-refractivity contribution in [3.05, 3.63) is 17.7 Å². The predicted octanol–water partition coefficient (Wildman–Crippen LogP) is 2.64. The lowest BCUT2D eigenvalue weighted by Crippen LogP contribution is -2.37. The molecule has 0 radical (unpaired) electrons. The zero-order chi connectivity index (χ0) is 19.6. The van der Waals surface area contributed by atoms with E-state index < -0.39 is 6.61 Å². The molecule has 0 saturated carbocycles. The van der Waals surface area contributed by atoms with Crippen LogP contribution in [0.25, 0.3) is 0 Å². The number of methoxy groups -OCH3 is 1. The van der Waals surface area contributed by atoms with Crippen LogP contribution in [-0.4, -0.2) is 46.0 Å². The zero-order valence-electron chi connectivity index (χ0n) is 15.6. The molecule has 1 aromatic carbocycles. The van der Waals surface area contributed by atoms with Crippen molar-refractivity contribution in [1.82, 2.24) is 10.6 Å². The van der Waals surface area contributed by atoms with E-state index in [0.29, 0.717) is 42.4 Å². The van der Waals surface area contributed by atoms with Crippen molar-refractivity contribution >= 4 is 35.9 Å². The lowest BCUT2D eigenvalue weighted by atomic mass is 10.1. The van der Waals surface area contributed by atoms with Crippen molar-refractivity contribution < 1.29 is 32.5 Å². The van der Waals surface area contributed by atoms with Gasteiger partial charge in [-0.15, -0.1) is 24.0 Å². The molecule has 0 aliphatic carbocycles. The van der Waals surface area contributed by atoms with Crippen molar-refractivity contribution in [1.29, 1.82) is 0 Å². The van der Waals surface area contributed by atoms with Gasteiger partial charge >= 0.3 is 12.6 Å². The van der Waals surface area contributed by atoms with Gasteiger partial charge in [-0.25, -0.2) is 0 Å². The number of halogens is 3. The second-order valence-electron chi connectivity index (χ2n) is 5.58. The minimum atomic E-state index is -2.95. The smallest absolute Gasteiger partial charge is 0.387 e. The van der Waals surface area contributed by atoms with Gasteiger partial charge in [0.25, 0.3) is 0 Å². The molecule has 1 heterocycles. The first-order valence-electron chi connectivity index (χ1n) is 8.42. The first-order valence-corrected chi connectivity index (χ1v) is 8.42. The number of carbonyl (C=O) groups excluding carboxylic acids is 1. The summed E-state index contributed by atoms with van der Waals surface area (Å²) in [4.78, 5) is 15.1. The van der Waals surface area contributed by atoms with Gasteiger partial charge in [-0.05, 0) is 18.9 Å². The normalized spacial score (nSPS) is 12.4. The summed E-state index contributed by atoms with van der Waals surface area (Å²) in [7, 11) is 2.95. The standard InChI is InChI=1S/C17H23F2N3O5.HI/c1-20-17(21-6-4-3-5-15(23)24-2)22-9-11-7-13-14(26-10-25-13)8-12(11)27-16(18)19;/h7-8,16H,3-6,9-10H2,1-2H3,(H2,20,21,22);1H. The Kier molecular flexibility index (Phi) is 10.6. The third-order valence-corrected chi connectivity index (χ3v) is 3.77. The Hall–Kier alpha value is -2.05. The van der Waals surface area contributed by atoms with Gasteiger partial charge in [-0.2, -0.15) is 8.78 Å². The molecule has 2 N–H and O–H groups in total. The first kappa shape index (κ1) is 24.0. The highest BCUT2D eigenvalue weighted by atomic mass is 127. The SMILES string of the molecule is CN=C(NCCCCC(=O)OC)NCc1cc2c(cc1OC(F)F)OCO2.I. The quantitative estimate of drug-likeness (QED) is 0.172. The van der Waals surface area contributed by atoms with E-state index in [0.717, 1.165) is 6.42 Å². The van der Waals surface area contributed by atoms with E-state index in [2.05, 4.69) is 25.1 Å². The number of hydrogen-bond acceptors (Lipinski definition) is 6. The molecule has 0 amide bonds. The molecule has 0 saturated heterocycles. The van der Waals surface area contributed by atoms with Gasteiger partial charge in [0.1, 0.15) is 5.75 Å². The molecular formula is C17H24F2IN3O5. The molecule has 0 spiro atoms. The number of ether oxygens (including phenoxy) is 4. The van der Waals surface area contributed by atoms with Crippen LogP contribution < -0.4 is 24.8 Å². The summed E-state index contributed by atoms with van der Waals surface area (Å²) in [6, 6.07) is 2.98. The summed E-state index contributed by atoms with van der Waals surface area (Å²) >= 11 is 0. The molecule has 1 aliphatic heterocycles. The molecule has 8 nitrogen and oxygen atoms in total. The number of alkyl halides is 2. The maximum absolute atomic E-state index is 12.7. The Labute approximate surface area is 179 Å². The van der Waals surface area contributed by atoms with Crippen molar-refractivity contribution in [2.24, 2.45) is 4.99 Å². The third kappa shape index (κ3) is 7.52. The van der Waals surface area contributed by atoms with Crippen LogP contribution in [0.4, 0.5) is 8.78 Å². The molecule has 1 aliphatic rings. The van der Waals surface area contributed by atoms with Crippen LogP contribution in [0.2, 0.25) is 0 Å². The predicted molar refractivity (Wildman–Crippen MR) is 109 cm³/mol. The molecule has 0 bridgehead atoms. The number of fused-ring (bicyclic) bond motifs is 1.